The highest BCUT2D eigenvalue weighted by atomic mass is 16.5. The van der Waals surface area contributed by atoms with Gasteiger partial charge in [-0.25, -0.2) is 4.79 Å². The van der Waals surface area contributed by atoms with Gasteiger partial charge in [0.05, 0.1) is 13.2 Å². The van der Waals surface area contributed by atoms with Crippen LogP contribution in [0.25, 0.3) is 0 Å². The second kappa shape index (κ2) is 8.96. The number of amides is 4. The average molecular weight is 429 g/mol. The molecule has 0 aromatic heterocycles. The number of hydrogen-bond acceptors (Lipinski definition) is 5. The van der Waals surface area contributed by atoms with E-state index in [1.165, 1.54) is 0 Å². The van der Waals surface area contributed by atoms with Crippen molar-refractivity contribution in [3.63, 3.8) is 0 Å². The van der Waals surface area contributed by atoms with Crippen LogP contribution in [0.4, 0.5) is 4.79 Å². The molecule has 2 atom stereocenters. The van der Waals surface area contributed by atoms with Crippen LogP contribution in [0, 0.1) is 5.92 Å². The summed E-state index contributed by atoms with van der Waals surface area (Å²) in [6.45, 7) is 7.80. The number of nitrogens with zero attached hydrogens (tertiary/aromatic N) is 3. The topological polar surface area (TPSA) is 82.2 Å². The van der Waals surface area contributed by atoms with Crippen LogP contribution in [0.15, 0.2) is 30.3 Å². The summed E-state index contributed by atoms with van der Waals surface area (Å²) < 4.78 is 5.43. The SMILES string of the molecule is CC(CN1CCOCC1)N(Cc1ccccc1)C(=O)CN1C(=O)NC(C)(C2CC2)C1=O. The third-order valence-corrected chi connectivity index (χ3v) is 6.66. The first-order valence-corrected chi connectivity index (χ1v) is 11.2. The van der Waals surface area contributed by atoms with E-state index in [0.717, 1.165) is 42.9 Å². The van der Waals surface area contributed by atoms with Crippen molar-refractivity contribution in [3.8, 4) is 0 Å². The number of imide groups is 1. The number of nitrogens with one attached hydrogen (secondary N) is 1. The molecule has 0 radical (unpaired) electrons. The summed E-state index contributed by atoms with van der Waals surface area (Å²) in [7, 11) is 0. The van der Waals surface area contributed by atoms with Crippen molar-refractivity contribution in [2.24, 2.45) is 5.92 Å². The lowest BCUT2D eigenvalue weighted by molar-refractivity contribution is -0.141. The van der Waals surface area contributed by atoms with Gasteiger partial charge in [0.1, 0.15) is 12.1 Å². The third kappa shape index (κ3) is 4.75. The molecule has 1 aliphatic carbocycles. The zero-order chi connectivity index (χ0) is 22.0. The van der Waals surface area contributed by atoms with Gasteiger partial charge in [-0.05, 0) is 38.2 Å². The van der Waals surface area contributed by atoms with Crippen LogP contribution in [0.2, 0.25) is 0 Å². The van der Waals surface area contributed by atoms with E-state index in [9.17, 15) is 14.4 Å². The highest BCUT2D eigenvalue weighted by molar-refractivity contribution is 6.09. The Kier molecular flexibility index (Phi) is 6.29. The molecule has 3 aliphatic rings. The van der Waals surface area contributed by atoms with Gasteiger partial charge in [0, 0.05) is 32.2 Å². The highest BCUT2D eigenvalue weighted by Crippen LogP contribution is 2.42. The van der Waals surface area contributed by atoms with Crippen LogP contribution >= 0.6 is 0 Å². The fourth-order valence-electron chi connectivity index (χ4n) is 4.55. The van der Waals surface area contributed by atoms with Gasteiger partial charge in [-0.3, -0.25) is 19.4 Å². The van der Waals surface area contributed by atoms with E-state index in [1.54, 1.807) is 11.8 Å². The Balaban J connectivity index is 1.47. The van der Waals surface area contributed by atoms with Crippen molar-refractivity contribution < 1.29 is 19.1 Å². The molecule has 4 rings (SSSR count). The average Bonchev–Trinajstić information content (AvgIpc) is 3.59. The molecule has 2 saturated heterocycles. The lowest BCUT2D eigenvalue weighted by atomic mass is 9.96. The zero-order valence-corrected chi connectivity index (χ0v) is 18.4. The van der Waals surface area contributed by atoms with Gasteiger partial charge in [0.2, 0.25) is 5.91 Å². The van der Waals surface area contributed by atoms with Crippen molar-refractivity contribution in [3.05, 3.63) is 35.9 Å². The van der Waals surface area contributed by atoms with Gasteiger partial charge in [-0.15, -0.1) is 0 Å². The van der Waals surface area contributed by atoms with E-state index in [0.29, 0.717) is 19.8 Å². The molecule has 8 nitrogen and oxygen atoms in total. The Bertz CT molecular complexity index is 822. The molecule has 31 heavy (non-hydrogen) atoms. The van der Waals surface area contributed by atoms with E-state index in [2.05, 4.69) is 10.2 Å². The zero-order valence-electron chi connectivity index (χ0n) is 18.4. The second-order valence-electron chi connectivity index (χ2n) is 9.07. The standard InChI is InChI=1S/C23H32N4O4/c1-17(14-25-10-12-31-13-11-25)26(15-18-6-4-3-5-7-18)20(28)16-27-21(29)23(2,19-8-9-19)24-22(27)30/h3-7,17,19H,8-16H2,1-2H3,(H,24,30). The number of urea groups is 1. The molecular formula is C23H32N4O4. The minimum Gasteiger partial charge on any atom is -0.379 e. The lowest BCUT2D eigenvalue weighted by Crippen LogP contribution is -2.51. The van der Waals surface area contributed by atoms with Crippen LogP contribution in [-0.2, 0) is 20.9 Å². The summed E-state index contributed by atoms with van der Waals surface area (Å²) in [6, 6.07) is 9.28. The molecule has 3 fully saturated rings. The number of hydrogen-bond donors (Lipinski definition) is 1. The van der Waals surface area contributed by atoms with Gasteiger partial charge in [0.15, 0.2) is 0 Å². The predicted octanol–water partition coefficient (Wildman–Crippen LogP) is 1.46. The van der Waals surface area contributed by atoms with E-state index >= 15 is 0 Å². The minimum atomic E-state index is -0.874. The first kappa shape index (κ1) is 21.8. The number of morpholine rings is 1. The molecule has 1 saturated carbocycles. The van der Waals surface area contributed by atoms with Gasteiger partial charge in [-0.1, -0.05) is 30.3 Å². The summed E-state index contributed by atoms with van der Waals surface area (Å²) in [4.78, 5) is 44.1. The molecule has 1 N–H and O–H groups in total. The third-order valence-electron chi connectivity index (χ3n) is 6.66. The molecule has 0 bridgehead atoms. The number of benzene rings is 1. The molecular weight excluding hydrogens is 396 g/mol. The number of ether oxygens (including phenoxy) is 1. The van der Waals surface area contributed by atoms with Crippen molar-refractivity contribution in [1.29, 1.82) is 0 Å². The fourth-order valence-corrected chi connectivity index (χ4v) is 4.55. The summed E-state index contributed by atoms with van der Waals surface area (Å²) in [5.74, 6) is -0.327. The molecule has 1 aromatic carbocycles. The van der Waals surface area contributed by atoms with E-state index in [4.69, 9.17) is 4.74 Å². The number of carbonyl (C=O) groups is 3. The minimum absolute atomic E-state index is 0.0682. The Labute approximate surface area is 183 Å². The summed E-state index contributed by atoms with van der Waals surface area (Å²) in [6.07, 6.45) is 1.86. The van der Waals surface area contributed by atoms with Crippen LogP contribution in [0.1, 0.15) is 32.3 Å². The predicted molar refractivity (Wildman–Crippen MR) is 115 cm³/mol. The number of rotatable bonds is 8. The normalized spacial score (nSPS) is 25.4. The fraction of sp³-hybridized carbons (Fsp3) is 0.609. The largest absolute Gasteiger partial charge is 0.379 e. The second-order valence-corrected chi connectivity index (χ2v) is 9.07. The first-order valence-electron chi connectivity index (χ1n) is 11.2. The Morgan fingerprint density at radius 3 is 2.55 bits per heavy atom. The summed E-state index contributed by atoms with van der Waals surface area (Å²) in [5.41, 5.74) is 0.144. The van der Waals surface area contributed by atoms with Gasteiger partial charge >= 0.3 is 6.03 Å². The number of carbonyl (C=O) groups excluding carboxylic acids is 3. The molecule has 8 heteroatoms. The lowest BCUT2D eigenvalue weighted by Gasteiger charge is -2.35. The first-order chi connectivity index (χ1) is 14.9. The van der Waals surface area contributed by atoms with Crippen molar-refractivity contribution >= 4 is 17.8 Å². The van der Waals surface area contributed by atoms with Crippen LogP contribution < -0.4 is 5.32 Å². The van der Waals surface area contributed by atoms with E-state index < -0.39 is 11.6 Å². The molecule has 2 unspecified atom stereocenters. The van der Waals surface area contributed by atoms with Crippen molar-refractivity contribution in [1.82, 2.24) is 20.0 Å². The van der Waals surface area contributed by atoms with Gasteiger partial charge in [0.25, 0.3) is 5.91 Å². The van der Waals surface area contributed by atoms with Crippen molar-refractivity contribution in [2.45, 2.75) is 44.8 Å². The molecule has 0 spiro atoms. The molecule has 1 aromatic rings. The van der Waals surface area contributed by atoms with Crippen LogP contribution in [0.3, 0.4) is 0 Å². The quantitative estimate of drug-likeness (QED) is 0.634. The molecule has 2 aliphatic heterocycles. The van der Waals surface area contributed by atoms with E-state index in [-0.39, 0.29) is 30.3 Å². The van der Waals surface area contributed by atoms with Gasteiger partial charge in [-0.2, -0.15) is 0 Å². The molecule has 4 amide bonds. The van der Waals surface area contributed by atoms with Crippen LogP contribution in [0.5, 0.6) is 0 Å². The van der Waals surface area contributed by atoms with Gasteiger partial charge < -0.3 is 15.0 Å². The maximum atomic E-state index is 13.4. The smallest absolute Gasteiger partial charge is 0.325 e. The van der Waals surface area contributed by atoms with Crippen LogP contribution in [-0.4, -0.2) is 83.5 Å². The Morgan fingerprint density at radius 2 is 1.90 bits per heavy atom. The maximum absolute atomic E-state index is 13.4. The highest BCUT2D eigenvalue weighted by Gasteiger charge is 2.56. The molecule has 168 valence electrons. The summed E-state index contributed by atoms with van der Waals surface area (Å²) >= 11 is 0. The Hall–Kier alpha value is -2.45. The van der Waals surface area contributed by atoms with E-state index in [1.807, 2.05) is 37.3 Å². The monoisotopic (exact) mass is 428 g/mol. The maximum Gasteiger partial charge on any atom is 0.325 e. The molecule has 2 heterocycles. The summed E-state index contributed by atoms with van der Waals surface area (Å²) in [5, 5.41) is 2.83. The Morgan fingerprint density at radius 1 is 1.23 bits per heavy atom. The van der Waals surface area contributed by atoms with Crippen molar-refractivity contribution in [2.75, 3.05) is 39.4 Å².